The van der Waals surface area contributed by atoms with Gasteiger partial charge in [0, 0.05) is 26.0 Å². The van der Waals surface area contributed by atoms with Crippen LogP contribution >= 0.6 is 24.0 Å². The molecule has 0 aliphatic carbocycles. The maximum absolute atomic E-state index is 5.28. The number of rotatable bonds is 5. The summed E-state index contributed by atoms with van der Waals surface area (Å²) in [6.07, 6.45) is 5.76. The van der Waals surface area contributed by atoms with E-state index in [4.69, 9.17) is 4.42 Å². The van der Waals surface area contributed by atoms with Gasteiger partial charge in [-0.15, -0.1) is 24.0 Å². The van der Waals surface area contributed by atoms with Crippen LogP contribution in [0.3, 0.4) is 0 Å². The summed E-state index contributed by atoms with van der Waals surface area (Å²) in [4.78, 5) is 4.54. The van der Waals surface area contributed by atoms with Crippen molar-refractivity contribution < 1.29 is 4.42 Å². The predicted molar refractivity (Wildman–Crippen MR) is 91.2 cm³/mol. The molecule has 0 bridgehead atoms. The van der Waals surface area contributed by atoms with E-state index in [1.165, 1.54) is 5.56 Å². The molecular formula is C14H21IN4O. The molecule has 0 aliphatic rings. The van der Waals surface area contributed by atoms with Crippen LogP contribution in [-0.2, 0) is 20.1 Å². The summed E-state index contributed by atoms with van der Waals surface area (Å²) >= 11 is 0. The van der Waals surface area contributed by atoms with Crippen molar-refractivity contribution in [1.29, 1.82) is 0 Å². The number of guanidine groups is 1. The van der Waals surface area contributed by atoms with Gasteiger partial charge in [0.25, 0.3) is 0 Å². The number of aryl methyl sites for hydroxylation is 1. The van der Waals surface area contributed by atoms with Gasteiger partial charge in [-0.1, -0.05) is 0 Å². The first kappa shape index (κ1) is 16.6. The average molecular weight is 388 g/mol. The van der Waals surface area contributed by atoms with Crippen LogP contribution in [0, 0.1) is 0 Å². The van der Waals surface area contributed by atoms with E-state index >= 15 is 0 Å². The monoisotopic (exact) mass is 388 g/mol. The largest absolute Gasteiger partial charge is 0.467 e. The number of nitrogens with zero attached hydrogens (tertiary/aromatic N) is 2. The number of aromatic nitrogens is 1. The first-order chi connectivity index (χ1) is 9.28. The van der Waals surface area contributed by atoms with Crippen LogP contribution in [0.15, 0.2) is 46.3 Å². The van der Waals surface area contributed by atoms with Gasteiger partial charge >= 0.3 is 0 Å². The molecule has 2 N–H and O–H groups in total. The number of furan rings is 1. The van der Waals surface area contributed by atoms with Crippen molar-refractivity contribution in [2.75, 3.05) is 6.54 Å². The van der Waals surface area contributed by atoms with Gasteiger partial charge in [-0.2, -0.15) is 0 Å². The van der Waals surface area contributed by atoms with Crippen LogP contribution in [0.1, 0.15) is 18.2 Å². The van der Waals surface area contributed by atoms with Gasteiger partial charge in [0.1, 0.15) is 5.76 Å². The molecule has 0 spiro atoms. The van der Waals surface area contributed by atoms with E-state index in [1.807, 2.05) is 36.9 Å². The lowest BCUT2D eigenvalue weighted by atomic mass is 10.3. The molecule has 0 aliphatic heterocycles. The lowest BCUT2D eigenvalue weighted by Crippen LogP contribution is -2.36. The Hall–Kier alpha value is -1.44. The van der Waals surface area contributed by atoms with E-state index < -0.39 is 0 Å². The highest BCUT2D eigenvalue weighted by Gasteiger charge is 2.00. The van der Waals surface area contributed by atoms with E-state index in [2.05, 4.69) is 27.9 Å². The topological polar surface area (TPSA) is 54.5 Å². The fourth-order valence-electron chi connectivity index (χ4n) is 1.75. The van der Waals surface area contributed by atoms with Gasteiger partial charge in [-0.05, 0) is 30.7 Å². The standard InChI is InChI=1S/C14H20N4O.HI/c1-3-15-14(17-10-13-5-4-8-19-13)16-9-12-6-7-18(2)11-12;/h4-8,11H,3,9-10H2,1-2H3,(H2,15,16,17);1H. The minimum Gasteiger partial charge on any atom is -0.467 e. The second kappa shape index (κ2) is 8.68. The van der Waals surface area contributed by atoms with E-state index in [9.17, 15) is 0 Å². The van der Waals surface area contributed by atoms with Gasteiger partial charge in [0.2, 0.25) is 0 Å². The van der Waals surface area contributed by atoms with Crippen LogP contribution in [0.4, 0.5) is 0 Å². The van der Waals surface area contributed by atoms with E-state index in [0.29, 0.717) is 13.1 Å². The molecule has 5 nitrogen and oxygen atoms in total. The number of nitrogens with one attached hydrogen (secondary N) is 2. The zero-order valence-corrected chi connectivity index (χ0v) is 14.1. The molecule has 0 saturated carbocycles. The van der Waals surface area contributed by atoms with E-state index in [1.54, 1.807) is 6.26 Å². The Labute approximate surface area is 136 Å². The minimum atomic E-state index is 0. The smallest absolute Gasteiger partial charge is 0.191 e. The van der Waals surface area contributed by atoms with Crippen LogP contribution < -0.4 is 10.6 Å². The summed E-state index contributed by atoms with van der Waals surface area (Å²) in [6, 6.07) is 5.89. The Kier molecular flexibility index (Phi) is 7.21. The van der Waals surface area contributed by atoms with Crippen molar-refractivity contribution in [3.63, 3.8) is 0 Å². The summed E-state index contributed by atoms with van der Waals surface area (Å²) < 4.78 is 7.30. The van der Waals surface area contributed by atoms with Crippen molar-refractivity contribution in [2.45, 2.75) is 20.0 Å². The Bertz CT molecular complexity index is 519. The minimum absolute atomic E-state index is 0. The molecule has 6 heteroatoms. The van der Waals surface area contributed by atoms with E-state index in [-0.39, 0.29) is 24.0 Å². The van der Waals surface area contributed by atoms with Crippen LogP contribution in [0.25, 0.3) is 0 Å². The number of hydrogen-bond acceptors (Lipinski definition) is 2. The maximum Gasteiger partial charge on any atom is 0.191 e. The van der Waals surface area contributed by atoms with Crippen LogP contribution in [0.2, 0.25) is 0 Å². The highest BCUT2D eigenvalue weighted by Crippen LogP contribution is 2.02. The fourth-order valence-corrected chi connectivity index (χ4v) is 1.75. The Morgan fingerprint density at radius 3 is 2.80 bits per heavy atom. The zero-order chi connectivity index (χ0) is 13.5. The Morgan fingerprint density at radius 1 is 1.35 bits per heavy atom. The lowest BCUT2D eigenvalue weighted by molar-refractivity contribution is 0.501. The molecule has 0 amide bonds. The molecule has 0 radical (unpaired) electrons. The second-order valence-corrected chi connectivity index (χ2v) is 4.31. The zero-order valence-electron chi connectivity index (χ0n) is 11.8. The third-order valence-electron chi connectivity index (χ3n) is 2.67. The SMILES string of the molecule is CCNC(=NCc1ccn(C)c1)NCc1ccco1.I. The molecule has 2 aromatic heterocycles. The van der Waals surface area contributed by atoms with Crippen LogP contribution in [0.5, 0.6) is 0 Å². The number of hydrogen-bond donors (Lipinski definition) is 2. The van der Waals surface area contributed by atoms with Crippen molar-refractivity contribution in [1.82, 2.24) is 15.2 Å². The third kappa shape index (κ3) is 5.28. The molecule has 0 atom stereocenters. The molecule has 0 aromatic carbocycles. The van der Waals surface area contributed by atoms with Crippen molar-refractivity contribution in [2.24, 2.45) is 12.0 Å². The van der Waals surface area contributed by atoms with Gasteiger partial charge in [-0.3, -0.25) is 0 Å². The first-order valence-corrected chi connectivity index (χ1v) is 6.43. The van der Waals surface area contributed by atoms with Crippen molar-refractivity contribution in [3.8, 4) is 0 Å². The highest BCUT2D eigenvalue weighted by molar-refractivity contribution is 14.0. The summed E-state index contributed by atoms with van der Waals surface area (Å²) in [5.74, 6) is 1.69. The molecular weight excluding hydrogens is 367 g/mol. The van der Waals surface area contributed by atoms with Crippen LogP contribution in [-0.4, -0.2) is 17.1 Å². The third-order valence-corrected chi connectivity index (χ3v) is 2.67. The molecule has 2 rings (SSSR count). The Balaban J connectivity index is 0.00000200. The molecule has 20 heavy (non-hydrogen) atoms. The summed E-state index contributed by atoms with van der Waals surface area (Å²) in [7, 11) is 2.01. The fraction of sp³-hybridized carbons (Fsp3) is 0.357. The first-order valence-electron chi connectivity index (χ1n) is 6.43. The lowest BCUT2D eigenvalue weighted by Gasteiger charge is -2.09. The molecule has 0 unspecified atom stereocenters. The van der Waals surface area contributed by atoms with Crippen molar-refractivity contribution >= 4 is 29.9 Å². The highest BCUT2D eigenvalue weighted by atomic mass is 127. The van der Waals surface area contributed by atoms with Gasteiger partial charge in [0.05, 0.1) is 19.4 Å². The van der Waals surface area contributed by atoms with Crippen molar-refractivity contribution in [3.05, 3.63) is 48.2 Å². The molecule has 2 aromatic rings. The molecule has 0 fully saturated rings. The number of aliphatic imine (C=N–C) groups is 1. The quantitative estimate of drug-likeness (QED) is 0.470. The second-order valence-electron chi connectivity index (χ2n) is 4.31. The van der Waals surface area contributed by atoms with Gasteiger partial charge < -0.3 is 19.6 Å². The summed E-state index contributed by atoms with van der Waals surface area (Å²) in [5, 5.41) is 6.45. The summed E-state index contributed by atoms with van der Waals surface area (Å²) in [6.45, 7) is 4.17. The molecule has 0 saturated heterocycles. The average Bonchev–Trinajstić information content (AvgIpc) is 3.04. The van der Waals surface area contributed by atoms with Gasteiger partial charge in [-0.25, -0.2) is 4.99 Å². The normalized spacial score (nSPS) is 11.0. The number of halogens is 1. The summed E-state index contributed by atoms with van der Waals surface area (Å²) in [5.41, 5.74) is 1.19. The maximum atomic E-state index is 5.28. The molecule has 2 heterocycles. The predicted octanol–water partition coefficient (Wildman–Crippen LogP) is 2.49. The molecule has 110 valence electrons. The van der Waals surface area contributed by atoms with Gasteiger partial charge in [0.15, 0.2) is 5.96 Å². The van der Waals surface area contributed by atoms with E-state index in [0.717, 1.165) is 18.3 Å². The Morgan fingerprint density at radius 2 is 2.20 bits per heavy atom.